The number of anilines is 3. The molecule has 2 heterocycles. The van der Waals surface area contributed by atoms with Gasteiger partial charge in [-0.1, -0.05) is 47.7 Å². The van der Waals surface area contributed by atoms with E-state index in [0.717, 1.165) is 10.5 Å². The van der Waals surface area contributed by atoms with Crippen LogP contribution in [0.4, 0.5) is 17.1 Å². The topological polar surface area (TPSA) is 97.0 Å². The molecule has 40 heavy (non-hydrogen) atoms. The highest BCUT2D eigenvalue weighted by Gasteiger charge is 2.40. The third kappa shape index (κ3) is 5.02. The minimum Gasteiger partial charge on any atom is -0.454 e. The molecule has 0 unspecified atom stereocenters. The number of rotatable bonds is 7. The van der Waals surface area contributed by atoms with Crippen molar-refractivity contribution in [2.75, 3.05) is 22.3 Å². The molecule has 0 radical (unpaired) electrons. The summed E-state index contributed by atoms with van der Waals surface area (Å²) in [6.07, 6.45) is 0. The second-order valence-electron chi connectivity index (χ2n) is 9.13. The molecule has 2 aliphatic rings. The van der Waals surface area contributed by atoms with Crippen LogP contribution < -0.4 is 25.0 Å². The van der Waals surface area contributed by atoms with Gasteiger partial charge in [0.15, 0.2) is 11.5 Å². The lowest BCUT2D eigenvalue weighted by Gasteiger charge is -2.15. The van der Waals surface area contributed by atoms with E-state index < -0.39 is 11.8 Å². The van der Waals surface area contributed by atoms with Crippen molar-refractivity contribution in [1.82, 2.24) is 0 Å². The zero-order chi connectivity index (χ0) is 27.6. The van der Waals surface area contributed by atoms with Crippen LogP contribution >= 0.6 is 11.8 Å². The van der Waals surface area contributed by atoms with Gasteiger partial charge in [-0.25, -0.2) is 4.90 Å². The summed E-state index contributed by atoms with van der Waals surface area (Å²) in [5.41, 5.74) is 3.46. The van der Waals surface area contributed by atoms with E-state index in [1.54, 1.807) is 54.6 Å². The Morgan fingerprint density at radius 2 is 1.52 bits per heavy atom. The van der Waals surface area contributed by atoms with Gasteiger partial charge in [-0.05, 0) is 73.7 Å². The lowest BCUT2D eigenvalue weighted by molar-refractivity contribution is -0.120. The molecular weight excluding hydrogens is 526 g/mol. The number of ether oxygens (including phenoxy) is 2. The summed E-state index contributed by atoms with van der Waals surface area (Å²) in [7, 11) is 0. The van der Waals surface area contributed by atoms with Gasteiger partial charge in [-0.2, -0.15) is 0 Å². The van der Waals surface area contributed by atoms with Gasteiger partial charge < -0.3 is 20.1 Å². The number of nitrogens with zero attached hydrogens (tertiary/aromatic N) is 1. The van der Waals surface area contributed by atoms with Gasteiger partial charge in [0.05, 0.1) is 5.69 Å². The minimum atomic E-state index is -0.423. The Morgan fingerprint density at radius 3 is 2.27 bits per heavy atom. The molecule has 0 spiro atoms. The smallest absolute Gasteiger partial charge is 0.283 e. The van der Waals surface area contributed by atoms with E-state index in [1.165, 1.54) is 16.7 Å². The second-order valence-corrected chi connectivity index (χ2v) is 10.2. The van der Waals surface area contributed by atoms with Gasteiger partial charge in [0.1, 0.15) is 10.6 Å². The van der Waals surface area contributed by atoms with Crippen LogP contribution in [0.2, 0.25) is 0 Å². The Kier molecular flexibility index (Phi) is 6.71. The van der Waals surface area contributed by atoms with Crippen LogP contribution in [0, 0.1) is 6.92 Å². The molecule has 0 aliphatic carbocycles. The summed E-state index contributed by atoms with van der Waals surface area (Å²) >= 11 is 1.19. The summed E-state index contributed by atoms with van der Waals surface area (Å²) in [5, 5.41) is 6.01. The number of amides is 3. The van der Waals surface area contributed by atoms with Crippen molar-refractivity contribution in [3.63, 3.8) is 0 Å². The van der Waals surface area contributed by atoms with Gasteiger partial charge in [0.2, 0.25) is 6.79 Å². The fourth-order valence-electron chi connectivity index (χ4n) is 4.27. The molecule has 198 valence electrons. The number of carbonyl (C=O) groups excluding carboxylic acids is 3. The summed E-state index contributed by atoms with van der Waals surface area (Å²) in [4.78, 5) is 42.0. The summed E-state index contributed by atoms with van der Waals surface area (Å²) in [6, 6.07) is 28.6. The Bertz CT molecular complexity index is 1650. The van der Waals surface area contributed by atoms with Crippen molar-refractivity contribution in [2.45, 2.75) is 11.8 Å². The maximum atomic E-state index is 13.6. The number of fused-ring (bicyclic) bond motifs is 1. The van der Waals surface area contributed by atoms with E-state index in [0.29, 0.717) is 34.1 Å². The van der Waals surface area contributed by atoms with Gasteiger partial charge in [-0.15, -0.1) is 0 Å². The van der Waals surface area contributed by atoms with Crippen LogP contribution in [0.15, 0.2) is 113 Å². The molecule has 9 heteroatoms. The molecule has 0 saturated heterocycles. The van der Waals surface area contributed by atoms with Gasteiger partial charge in [0.25, 0.3) is 17.7 Å². The zero-order valence-corrected chi connectivity index (χ0v) is 22.2. The molecule has 0 atom stereocenters. The first kappa shape index (κ1) is 25.3. The molecule has 4 aromatic carbocycles. The lowest BCUT2D eigenvalue weighted by Crippen LogP contribution is -2.32. The van der Waals surface area contributed by atoms with Crippen LogP contribution in [-0.2, 0) is 9.59 Å². The fraction of sp³-hybridized carbons (Fsp3) is 0.0645. The van der Waals surface area contributed by atoms with E-state index >= 15 is 0 Å². The van der Waals surface area contributed by atoms with Crippen LogP contribution in [0.1, 0.15) is 15.9 Å². The molecule has 0 aromatic heterocycles. The maximum Gasteiger partial charge on any atom is 0.283 e. The maximum absolute atomic E-state index is 13.6. The Labute approximate surface area is 234 Å². The highest BCUT2D eigenvalue weighted by molar-refractivity contribution is 8.04. The first-order valence-electron chi connectivity index (χ1n) is 12.5. The van der Waals surface area contributed by atoms with Crippen molar-refractivity contribution in [1.29, 1.82) is 0 Å². The van der Waals surface area contributed by atoms with Crippen molar-refractivity contribution in [3.05, 3.63) is 119 Å². The molecule has 4 aromatic rings. The highest BCUT2D eigenvalue weighted by atomic mass is 32.2. The number of hydrogen-bond donors (Lipinski definition) is 2. The Balaban J connectivity index is 1.23. The van der Waals surface area contributed by atoms with Crippen molar-refractivity contribution in [3.8, 4) is 11.5 Å². The number of hydrogen-bond acceptors (Lipinski definition) is 7. The van der Waals surface area contributed by atoms with E-state index in [9.17, 15) is 14.4 Å². The van der Waals surface area contributed by atoms with E-state index in [-0.39, 0.29) is 23.3 Å². The largest absolute Gasteiger partial charge is 0.454 e. The SMILES string of the molecule is Cc1ccc(N2C(=O)C(Nc3ccccc3)=C(Sc3ccc(NC(=O)c4ccc5c(c4)OCO5)cc3)C2=O)cc1. The normalized spacial score (nSPS) is 14.1. The molecular formula is C31H23N3O5S. The standard InChI is InChI=1S/C31H23N3O5S/c1-19-7-12-23(13-8-19)34-30(36)27(32-21-5-3-2-4-6-21)28(31(34)37)40-24-14-10-22(11-15-24)33-29(35)20-9-16-25-26(17-20)39-18-38-25/h2-17,32H,18H2,1H3,(H,33,35). The van der Waals surface area contributed by atoms with Gasteiger partial charge in [-0.3, -0.25) is 14.4 Å². The quantitative estimate of drug-likeness (QED) is 0.274. The van der Waals surface area contributed by atoms with Gasteiger partial charge in [0, 0.05) is 21.8 Å². The number of aryl methyl sites for hydroxylation is 1. The Hall–Kier alpha value is -5.02. The monoisotopic (exact) mass is 549 g/mol. The third-order valence-corrected chi connectivity index (χ3v) is 7.43. The molecule has 0 bridgehead atoms. The molecule has 8 nitrogen and oxygen atoms in total. The van der Waals surface area contributed by atoms with E-state index in [2.05, 4.69) is 10.6 Å². The molecule has 2 aliphatic heterocycles. The van der Waals surface area contributed by atoms with Crippen molar-refractivity contribution in [2.24, 2.45) is 0 Å². The number of thioether (sulfide) groups is 1. The summed E-state index contributed by atoms with van der Waals surface area (Å²) in [6.45, 7) is 2.08. The predicted molar refractivity (Wildman–Crippen MR) is 154 cm³/mol. The van der Waals surface area contributed by atoms with Crippen LogP contribution in [0.5, 0.6) is 11.5 Å². The van der Waals surface area contributed by atoms with E-state index in [1.807, 2.05) is 49.4 Å². The number of para-hydroxylation sites is 1. The summed E-state index contributed by atoms with van der Waals surface area (Å²) < 4.78 is 10.7. The first-order valence-corrected chi connectivity index (χ1v) is 13.3. The van der Waals surface area contributed by atoms with Crippen LogP contribution in [0.25, 0.3) is 0 Å². The number of imide groups is 1. The highest BCUT2D eigenvalue weighted by Crippen LogP contribution is 2.38. The molecule has 0 saturated carbocycles. The third-order valence-electron chi connectivity index (χ3n) is 6.34. The van der Waals surface area contributed by atoms with Crippen LogP contribution in [0.3, 0.4) is 0 Å². The van der Waals surface area contributed by atoms with Crippen molar-refractivity contribution >= 4 is 46.5 Å². The van der Waals surface area contributed by atoms with Crippen LogP contribution in [-0.4, -0.2) is 24.5 Å². The van der Waals surface area contributed by atoms with Crippen molar-refractivity contribution < 1.29 is 23.9 Å². The predicted octanol–water partition coefficient (Wildman–Crippen LogP) is 5.97. The van der Waals surface area contributed by atoms with Gasteiger partial charge >= 0.3 is 0 Å². The molecule has 2 N–H and O–H groups in total. The van der Waals surface area contributed by atoms with E-state index in [4.69, 9.17) is 9.47 Å². The average molecular weight is 550 g/mol. The lowest BCUT2D eigenvalue weighted by atomic mass is 10.2. The zero-order valence-electron chi connectivity index (χ0n) is 21.3. The molecule has 6 rings (SSSR count). The average Bonchev–Trinajstić information content (AvgIpc) is 3.53. The number of benzene rings is 4. The second kappa shape index (κ2) is 10.6. The molecule has 0 fully saturated rings. The fourth-order valence-corrected chi connectivity index (χ4v) is 5.20. The molecule has 3 amide bonds. The first-order chi connectivity index (χ1) is 19.5. The number of nitrogens with one attached hydrogen (secondary N) is 2. The summed E-state index contributed by atoms with van der Waals surface area (Å²) in [5.74, 6) is 0.0173. The Morgan fingerprint density at radius 1 is 0.800 bits per heavy atom. The minimum absolute atomic E-state index is 0.134. The number of carbonyl (C=O) groups is 3.